The van der Waals surface area contributed by atoms with Crippen LogP contribution in [0.15, 0.2) is 18.7 Å². The molecule has 0 aromatic carbocycles. The number of carbonyl (C=O) groups is 1. The topological polar surface area (TPSA) is 29.1 Å². The van der Waals surface area contributed by atoms with E-state index in [-0.39, 0.29) is 6.03 Å². The van der Waals surface area contributed by atoms with Crippen LogP contribution in [0.25, 0.3) is 0 Å². The van der Waals surface area contributed by atoms with Crippen molar-refractivity contribution in [1.82, 2.24) is 9.47 Å². The van der Waals surface area contributed by atoms with Crippen LogP contribution in [0.5, 0.6) is 0 Å². The molecular weight excluding hydrogens is 166 g/mol. The van der Waals surface area contributed by atoms with Gasteiger partial charge in [-0.1, -0.05) is 6.92 Å². The van der Waals surface area contributed by atoms with Crippen molar-refractivity contribution in [2.75, 3.05) is 13.6 Å². The highest BCUT2D eigenvalue weighted by Crippen LogP contribution is 1.93. The smallest absolute Gasteiger partial charge is 0.307 e. The van der Waals surface area contributed by atoms with E-state index in [1.54, 1.807) is 22.0 Å². The maximum atomic E-state index is 11.6. The van der Waals surface area contributed by atoms with E-state index < -0.39 is 0 Å². The second-order valence-corrected chi connectivity index (χ2v) is 3.19. The fraction of sp³-hybridized carbons (Fsp3) is 0.556. The summed E-state index contributed by atoms with van der Waals surface area (Å²) in [6.07, 6.45) is 6.34. The van der Waals surface area contributed by atoms with E-state index in [4.69, 9.17) is 0 Å². The van der Waals surface area contributed by atoms with Crippen LogP contribution in [0, 0.1) is 0 Å². The quantitative estimate of drug-likeness (QED) is 0.616. The maximum absolute atomic E-state index is 11.6. The average Bonchev–Trinajstić information content (AvgIpc) is 2.51. The van der Waals surface area contributed by atoms with Crippen LogP contribution in [-0.4, -0.2) is 29.1 Å². The van der Waals surface area contributed by atoms with Crippen LogP contribution in [0.4, 0.5) is 4.79 Å². The minimum Gasteiger partial charge on any atom is -0.307 e. The van der Waals surface area contributed by atoms with Gasteiger partial charge in [-0.05, 0) is 6.42 Å². The van der Waals surface area contributed by atoms with Gasteiger partial charge in [-0.2, -0.15) is 4.57 Å². The van der Waals surface area contributed by atoms with E-state index in [2.05, 4.69) is 6.92 Å². The third-order valence-corrected chi connectivity index (χ3v) is 1.88. The molecule has 0 radical (unpaired) electrons. The fourth-order valence-corrected chi connectivity index (χ4v) is 1.19. The first kappa shape index (κ1) is 9.77. The zero-order valence-corrected chi connectivity index (χ0v) is 8.40. The van der Waals surface area contributed by atoms with Crippen LogP contribution in [0.2, 0.25) is 0 Å². The van der Waals surface area contributed by atoms with Gasteiger partial charge in [-0.15, -0.1) is 0 Å². The van der Waals surface area contributed by atoms with Crippen molar-refractivity contribution in [2.24, 2.45) is 7.05 Å². The van der Waals surface area contributed by atoms with Crippen molar-refractivity contribution in [2.45, 2.75) is 13.3 Å². The Morgan fingerprint density at radius 3 is 2.77 bits per heavy atom. The average molecular weight is 182 g/mol. The molecule has 0 saturated heterocycles. The molecule has 0 spiro atoms. The summed E-state index contributed by atoms with van der Waals surface area (Å²) in [6, 6.07) is 0.0162. The Kier molecular flexibility index (Phi) is 3.06. The van der Waals surface area contributed by atoms with Gasteiger partial charge in [0.2, 0.25) is 0 Å². The normalized spacial score (nSPS) is 10.1. The van der Waals surface area contributed by atoms with Gasteiger partial charge in [0.25, 0.3) is 6.33 Å². The van der Waals surface area contributed by atoms with Crippen molar-refractivity contribution in [3.05, 3.63) is 18.7 Å². The second kappa shape index (κ2) is 4.07. The zero-order chi connectivity index (χ0) is 9.84. The first-order chi connectivity index (χ1) is 6.15. The molecular formula is C9H16N3O+. The molecule has 0 fully saturated rings. The maximum Gasteiger partial charge on any atom is 0.415 e. The summed E-state index contributed by atoms with van der Waals surface area (Å²) in [4.78, 5) is 13.3. The Labute approximate surface area is 78.4 Å². The van der Waals surface area contributed by atoms with Crippen molar-refractivity contribution < 1.29 is 9.36 Å². The summed E-state index contributed by atoms with van der Waals surface area (Å²) in [5, 5.41) is 0. The molecule has 13 heavy (non-hydrogen) atoms. The number of carbonyl (C=O) groups excluding carboxylic acids is 1. The van der Waals surface area contributed by atoms with Crippen molar-refractivity contribution >= 4 is 6.03 Å². The molecule has 72 valence electrons. The molecule has 0 aliphatic carbocycles. The van der Waals surface area contributed by atoms with E-state index >= 15 is 0 Å². The summed E-state index contributed by atoms with van der Waals surface area (Å²) in [6.45, 7) is 2.85. The molecule has 1 aromatic heterocycles. The molecule has 0 aliphatic rings. The van der Waals surface area contributed by atoms with Gasteiger partial charge in [-0.25, -0.2) is 9.36 Å². The molecule has 1 aromatic rings. The third-order valence-electron chi connectivity index (χ3n) is 1.88. The summed E-state index contributed by atoms with van der Waals surface area (Å²) in [5.74, 6) is 0. The van der Waals surface area contributed by atoms with Gasteiger partial charge in [0, 0.05) is 13.6 Å². The molecule has 1 rings (SSSR count). The highest BCUT2D eigenvalue weighted by Gasteiger charge is 2.15. The number of hydrogen-bond acceptors (Lipinski definition) is 1. The minimum atomic E-state index is 0.0162. The molecule has 0 aliphatic heterocycles. The summed E-state index contributed by atoms with van der Waals surface area (Å²) in [7, 11) is 3.70. The number of hydrogen-bond donors (Lipinski definition) is 0. The Bertz CT molecular complexity index is 293. The van der Waals surface area contributed by atoms with Crippen LogP contribution in [0.1, 0.15) is 13.3 Å². The van der Waals surface area contributed by atoms with Crippen molar-refractivity contribution in [3.8, 4) is 0 Å². The highest BCUT2D eigenvalue weighted by molar-refractivity contribution is 5.76. The summed E-state index contributed by atoms with van der Waals surface area (Å²) in [5.41, 5.74) is 0. The number of rotatable bonds is 2. The van der Waals surface area contributed by atoms with Gasteiger partial charge < -0.3 is 4.90 Å². The first-order valence-electron chi connectivity index (χ1n) is 4.44. The van der Waals surface area contributed by atoms with E-state index in [0.29, 0.717) is 0 Å². The standard InChI is InChI=1S/C9H16N3O/c1-4-5-11(3)9(13)12-7-6-10(2)8-12/h6-8H,4-5H2,1-3H3/q+1. The number of imidazole rings is 1. The highest BCUT2D eigenvalue weighted by atomic mass is 16.2. The molecule has 0 bridgehead atoms. The predicted octanol–water partition coefficient (Wildman–Crippen LogP) is 0.622. The SMILES string of the molecule is CCCN(C)C(=O)n1cc[n+](C)c1. The van der Waals surface area contributed by atoms with Gasteiger partial charge >= 0.3 is 6.03 Å². The van der Waals surface area contributed by atoms with Crippen LogP contribution < -0.4 is 4.57 Å². The van der Waals surface area contributed by atoms with Crippen molar-refractivity contribution in [1.29, 1.82) is 0 Å². The van der Waals surface area contributed by atoms with E-state index in [9.17, 15) is 4.79 Å². The minimum absolute atomic E-state index is 0.0162. The van der Waals surface area contributed by atoms with Gasteiger partial charge in [0.05, 0.1) is 7.05 Å². The van der Waals surface area contributed by atoms with Crippen LogP contribution in [0.3, 0.4) is 0 Å². The predicted molar refractivity (Wildman–Crippen MR) is 49.3 cm³/mol. The van der Waals surface area contributed by atoms with E-state index in [1.165, 1.54) is 0 Å². The lowest BCUT2D eigenvalue weighted by Gasteiger charge is -2.11. The van der Waals surface area contributed by atoms with Crippen LogP contribution in [-0.2, 0) is 7.05 Å². The monoisotopic (exact) mass is 182 g/mol. The number of nitrogens with zero attached hydrogens (tertiary/aromatic N) is 3. The molecule has 1 amide bonds. The first-order valence-corrected chi connectivity index (χ1v) is 4.44. The Hall–Kier alpha value is -1.32. The molecule has 0 unspecified atom stereocenters. The molecule has 1 heterocycles. The molecule has 0 N–H and O–H groups in total. The fourth-order valence-electron chi connectivity index (χ4n) is 1.19. The Balaban J connectivity index is 2.67. The number of aryl methyl sites for hydroxylation is 1. The molecule has 4 nitrogen and oxygen atoms in total. The van der Waals surface area contributed by atoms with Gasteiger partial charge in [-0.3, -0.25) is 0 Å². The van der Waals surface area contributed by atoms with E-state index in [0.717, 1.165) is 13.0 Å². The lowest BCUT2D eigenvalue weighted by atomic mass is 10.4. The zero-order valence-electron chi connectivity index (χ0n) is 8.40. The van der Waals surface area contributed by atoms with E-state index in [1.807, 2.05) is 24.9 Å². The molecule has 0 saturated carbocycles. The van der Waals surface area contributed by atoms with Gasteiger partial charge in [0.15, 0.2) is 0 Å². The number of amides is 1. The largest absolute Gasteiger partial charge is 0.415 e. The second-order valence-electron chi connectivity index (χ2n) is 3.19. The van der Waals surface area contributed by atoms with Gasteiger partial charge in [0.1, 0.15) is 12.4 Å². The van der Waals surface area contributed by atoms with Crippen molar-refractivity contribution in [3.63, 3.8) is 0 Å². The third kappa shape index (κ3) is 2.31. The molecule has 0 atom stereocenters. The summed E-state index contributed by atoms with van der Waals surface area (Å²) < 4.78 is 3.42. The van der Waals surface area contributed by atoms with Crippen LogP contribution >= 0.6 is 0 Å². The Morgan fingerprint density at radius 2 is 2.31 bits per heavy atom. The lowest BCUT2D eigenvalue weighted by Crippen LogP contribution is -2.32. The molecule has 4 heteroatoms. The Morgan fingerprint density at radius 1 is 1.62 bits per heavy atom. The number of aromatic nitrogens is 2. The summed E-state index contributed by atoms with van der Waals surface area (Å²) >= 11 is 0. The lowest BCUT2D eigenvalue weighted by molar-refractivity contribution is -0.670.